The number of benzene rings is 2. The molecule has 2 aromatic carbocycles. The zero-order valence-corrected chi connectivity index (χ0v) is 11.9. The Morgan fingerprint density at radius 2 is 1.76 bits per heavy atom. The Morgan fingerprint density at radius 3 is 2.52 bits per heavy atom. The van der Waals surface area contributed by atoms with Crippen LogP contribution in [0.15, 0.2) is 60.7 Å². The molecule has 0 fully saturated rings. The van der Waals surface area contributed by atoms with Crippen LogP contribution < -0.4 is 0 Å². The average molecular weight is 276 g/mol. The average Bonchev–Trinajstić information content (AvgIpc) is 2.87. The van der Waals surface area contributed by atoms with Crippen molar-refractivity contribution in [3.63, 3.8) is 0 Å². The molecule has 0 bridgehead atoms. The van der Waals surface area contributed by atoms with Crippen molar-refractivity contribution in [3.8, 4) is 0 Å². The molecule has 0 aliphatic heterocycles. The summed E-state index contributed by atoms with van der Waals surface area (Å²) in [6, 6.07) is 18.2. The maximum atomic E-state index is 11.9. The molecule has 0 atom stereocenters. The Labute approximate surface area is 124 Å². The van der Waals surface area contributed by atoms with Crippen molar-refractivity contribution < 1.29 is 9.53 Å². The van der Waals surface area contributed by atoms with E-state index in [2.05, 4.69) is 24.3 Å². The molecule has 21 heavy (non-hydrogen) atoms. The van der Waals surface area contributed by atoms with Crippen LogP contribution in [0.3, 0.4) is 0 Å². The first-order chi connectivity index (χ1) is 10.3. The van der Waals surface area contributed by atoms with Gasteiger partial charge in [-0.05, 0) is 40.8 Å². The molecule has 0 radical (unpaired) electrons. The van der Waals surface area contributed by atoms with Gasteiger partial charge in [-0.1, -0.05) is 54.6 Å². The van der Waals surface area contributed by atoms with Gasteiger partial charge in [0.2, 0.25) is 0 Å². The van der Waals surface area contributed by atoms with Crippen molar-refractivity contribution in [2.24, 2.45) is 0 Å². The third-order valence-corrected chi connectivity index (χ3v) is 3.47. The van der Waals surface area contributed by atoms with E-state index in [1.54, 1.807) is 6.08 Å². The van der Waals surface area contributed by atoms with Crippen LogP contribution in [-0.2, 0) is 9.53 Å². The molecule has 0 aromatic heterocycles. The molecular formula is C19H16O2. The highest BCUT2D eigenvalue weighted by Crippen LogP contribution is 2.40. The molecule has 2 heteroatoms. The summed E-state index contributed by atoms with van der Waals surface area (Å²) >= 11 is 0. The van der Waals surface area contributed by atoms with Crippen LogP contribution in [-0.4, -0.2) is 12.6 Å². The van der Waals surface area contributed by atoms with Gasteiger partial charge in [0.05, 0.1) is 6.61 Å². The number of hydrogen-bond acceptors (Lipinski definition) is 2. The van der Waals surface area contributed by atoms with Gasteiger partial charge < -0.3 is 4.74 Å². The summed E-state index contributed by atoms with van der Waals surface area (Å²) in [6.07, 6.45) is 3.71. The number of hydrogen-bond donors (Lipinski definition) is 0. The van der Waals surface area contributed by atoms with Crippen LogP contribution in [0, 0.1) is 0 Å². The molecular weight excluding hydrogens is 260 g/mol. The second kappa shape index (κ2) is 5.80. The van der Waals surface area contributed by atoms with Crippen LogP contribution in [0.5, 0.6) is 0 Å². The lowest BCUT2D eigenvalue weighted by atomic mass is 9.97. The third kappa shape index (κ3) is 2.65. The van der Waals surface area contributed by atoms with Gasteiger partial charge >= 0.3 is 5.97 Å². The minimum absolute atomic E-state index is 0.300. The molecule has 0 N–H and O–H groups in total. The summed E-state index contributed by atoms with van der Waals surface area (Å²) in [5.74, 6) is -0.300. The van der Waals surface area contributed by atoms with Crippen LogP contribution >= 0.6 is 0 Å². The van der Waals surface area contributed by atoms with Crippen molar-refractivity contribution in [2.75, 3.05) is 6.61 Å². The second-order valence-corrected chi connectivity index (χ2v) is 4.82. The van der Waals surface area contributed by atoms with E-state index in [9.17, 15) is 4.79 Å². The van der Waals surface area contributed by atoms with Crippen LogP contribution in [0.1, 0.15) is 23.6 Å². The Bertz CT molecular complexity index is 724. The summed E-state index contributed by atoms with van der Waals surface area (Å²) in [5, 5.41) is 0. The summed E-state index contributed by atoms with van der Waals surface area (Å²) in [7, 11) is 0. The number of carbonyl (C=O) groups is 1. The molecule has 3 rings (SSSR count). The molecule has 0 saturated carbocycles. The molecule has 0 saturated heterocycles. The first-order valence-corrected chi connectivity index (χ1v) is 7.05. The number of allylic oxidation sites excluding steroid dienone is 2. The lowest BCUT2D eigenvalue weighted by Gasteiger charge is -2.08. The summed E-state index contributed by atoms with van der Waals surface area (Å²) < 4.78 is 5.06. The highest BCUT2D eigenvalue weighted by molar-refractivity contribution is 6.20. The monoisotopic (exact) mass is 276 g/mol. The van der Waals surface area contributed by atoms with Crippen molar-refractivity contribution >= 4 is 23.2 Å². The standard InChI is InChI=1S/C19H16O2/c1-2-21-19(20)13-18-16-11-7-6-10-15(16)12-17(18)14-8-4-3-5-9-14/h3-13H,2H2,1H3/b18-13+. The van der Waals surface area contributed by atoms with Gasteiger partial charge in [-0.15, -0.1) is 0 Å². The summed E-state index contributed by atoms with van der Waals surface area (Å²) in [4.78, 5) is 11.9. The number of rotatable bonds is 3. The third-order valence-electron chi connectivity index (χ3n) is 3.47. The van der Waals surface area contributed by atoms with Crippen LogP contribution in [0.4, 0.5) is 0 Å². The number of fused-ring (bicyclic) bond motifs is 1. The van der Waals surface area contributed by atoms with E-state index >= 15 is 0 Å². The lowest BCUT2D eigenvalue weighted by molar-refractivity contribution is -0.137. The van der Waals surface area contributed by atoms with Crippen molar-refractivity contribution in [3.05, 3.63) is 77.4 Å². The summed E-state index contributed by atoms with van der Waals surface area (Å²) in [6.45, 7) is 2.20. The normalized spacial score (nSPS) is 14.7. The van der Waals surface area contributed by atoms with Crippen LogP contribution in [0.25, 0.3) is 17.2 Å². The van der Waals surface area contributed by atoms with E-state index in [1.807, 2.05) is 43.3 Å². The molecule has 2 aromatic rings. The topological polar surface area (TPSA) is 26.3 Å². The van der Waals surface area contributed by atoms with Gasteiger partial charge in [-0.25, -0.2) is 4.79 Å². The Kier molecular flexibility index (Phi) is 3.69. The van der Waals surface area contributed by atoms with E-state index in [0.717, 1.165) is 27.8 Å². The fourth-order valence-corrected chi connectivity index (χ4v) is 2.56. The van der Waals surface area contributed by atoms with Gasteiger partial charge in [-0.2, -0.15) is 0 Å². The van der Waals surface area contributed by atoms with Crippen molar-refractivity contribution in [2.45, 2.75) is 6.92 Å². The van der Waals surface area contributed by atoms with E-state index in [-0.39, 0.29) is 5.97 Å². The van der Waals surface area contributed by atoms with Crippen LogP contribution in [0.2, 0.25) is 0 Å². The predicted octanol–water partition coefficient (Wildman–Crippen LogP) is 4.19. The molecule has 1 aliphatic carbocycles. The van der Waals surface area contributed by atoms with Gasteiger partial charge in [-0.3, -0.25) is 0 Å². The molecule has 0 amide bonds. The Balaban J connectivity index is 2.09. The maximum absolute atomic E-state index is 11.9. The molecule has 2 nitrogen and oxygen atoms in total. The van der Waals surface area contributed by atoms with E-state index in [0.29, 0.717) is 6.61 Å². The molecule has 0 unspecified atom stereocenters. The smallest absolute Gasteiger partial charge is 0.331 e. The summed E-state index contributed by atoms with van der Waals surface area (Å²) in [5.41, 5.74) is 5.29. The molecule has 0 heterocycles. The van der Waals surface area contributed by atoms with E-state index < -0.39 is 0 Å². The number of esters is 1. The Hall–Kier alpha value is -2.61. The largest absolute Gasteiger partial charge is 0.463 e. The first-order valence-electron chi connectivity index (χ1n) is 7.05. The second-order valence-electron chi connectivity index (χ2n) is 4.82. The molecule has 0 spiro atoms. The minimum Gasteiger partial charge on any atom is -0.463 e. The highest BCUT2D eigenvalue weighted by atomic mass is 16.5. The van der Waals surface area contributed by atoms with Gasteiger partial charge in [0.15, 0.2) is 0 Å². The van der Waals surface area contributed by atoms with Gasteiger partial charge in [0.25, 0.3) is 0 Å². The maximum Gasteiger partial charge on any atom is 0.331 e. The Morgan fingerprint density at radius 1 is 1.05 bits per heavy atom. The lowest BCUT2D eigenvalue weighted by Crippen LogP contribution is -2.01. The quantitative estimate of drug-likeness (QED) is 0.620. The molecule has 104 valence electrons. The van der Waals surface area contributed by atoms with Gasteiger partial charge in [0, 0.05) is 6.08 Å². The fourth-order valence-electron chi connectivity index (χ4n) is 2.56. The van der Waals surface area contributed by atoms with Crippen molar-refractivity contribution in [1.82, 2.24) is 0 Å². The first kappa shape index (κ1) is 13.4. The number of ether oxygens (including phenoxy) is 1. The van der Waals surface area contributed by atoms with E-state index in [4.69, 9.17) is 4.74 Å². The number of carbonyl (C=O) groups excluding carboxylic acids is 1. The van der Waals surface area contributed by atoms with E-state index in [1.165, 1.54) is 0 Å². The fraction of sp³-hybridized carbons (Fsp3) is 0.105. The highest BCUT2D eigenvalue weighted by Gasteiger charge is 2.20. The van der Waals surface area contributed by atoms with Crippen molar-refractivity contribution in [1.29, 1.82) is 0 Å². The SMILES string of the molecule is CCOC(=O)/C=C1/C(c2ccccc2)=Cc2ccccc21. The van der Waals surface area contributed by atoms with Gasteiger partial charge in [0.1, 0.15) is 0 Å². The predicted molar refractivity (Wildman–Crippen MR) is 85.4 cm³/mol. The zero-order chi connectivity index (χ0) is 14.7. The molecule has 1 aliphatic rings. The zero-order valence-electron chi connectivity index (χ0n) is 11.9. The minimum atomic E-state index is -0.300.